The molecule has 0 aromatic carbocycles. The van der Waals surface area contributed by atoms with Crippen molar-refractivity contribution in [2.24, 2.45) is 0 Å². The minimum absolute atomic E-state index is 0.0255. The highest BCUT2D eigenvalue weighted by Gasteiger charge is 2.23. The van der Waals surface area contributed by atoms with Crippen LogP contribution in [0.2, 0.25) is 0 Å². The van der Waals surface area contributed by atoms with Crippen molar-refractivity contribution in [2.45, 2.75) is 51.4 Å². The van der Waals surface area contributed by atoms with Crippen LogP contribution in [0.1, 0.15) is 33.1 Å². The summed E-state index contributed by atoms with van der Waals surface area (Å²) in [5.74, 6) is 0. The fraction of sp³-hybridized carbons (Fsp3) is 0.917. The Morgan fingerprint density at radius 1 is 1.50 bits per heavy atom. The molecule has 4 nitrogen and oxygen atoms in total. The van der Waals surface area contributed by atoms with E-state index in [0.717, 1.165) is 25.8 Å². The smallest absolute Gasteiger partial charge is 0.0978 e. The van der Waals surface area contributed by atoms with Crippen LogP contribution in [0, 0.1) is 11.3 Å². The van der Waals surface area contributed by atoms with Gasteiger partial charge in [0.1, 0.15) is 0 Å². The number of nitrogens with zero attached hydrogens (tertiary/aromatic N) is 2. The van der Waals surface area contributed by atoms with Crippen molar-refractivity contribution in [1.29, 1.82) is 5.26 Å². The molecule has 1 fully saturated rings. The molecule has 1 heterocycles. The van der Waals surface area contributed by atoms with Crippen molar-refractivity contribution in [3.05, 3.63) is 0 Å². The van der Waals surface area contributed by atoms with Crippen LogP contribution < -0.4 is 0 Å². The lowest BCUT2D eigenvalue weighted by atomic mass is 10.0. The number of aliphatic hydroxyl groups is 1. The van der Waals surface area contributed by atoms with Gasteiger partial charge in [-0.1, -0.05) is 0 Å². The number of β-amino-alcohol motifs (C(OH)–C–C–N with tert-alkyl or cyclic N) is 1. The van der Waals surface area contributed by atoms with Gasteiger partial charge in [-0.3, -0.25) is 4.90 Å². The van der Waals surface area contributed by atoms with Gasteiger partial charge in [0.15, 0.2) is 0 Å². The third-order valence-corrected chi connectivity index (χ3v) is 2.83. The molecule has 16 heavy (non-hydrogen) atoms. The number of piperidine rings is 1. The fourth-order valence-electron chi connectivity index (χ4n) is 1.98. The molecule has 1 aliphatic heterocycles. The van der Waals surface area contributed by atoms with Gasteiger partial charge < -0.3 is 9.84 Å². The molecular weight excluding hydrogens is 204 g/mol. The number of aliphatic hydroxyl groups excluding tert-OH is 1. The van der Waals surface area contributed by atoms with Gasteiger partial charge in [0.2, 0.25) is 0 Å². The zero-order valence-corrected chi connectivity index (χ0v) is 10.2. The molecule has 0 bridgehead atoms. The highest BCUT2D eigenvalue weighted by atomic mass is 16.5. The lowest BCUT2D eigenvalue weighted by Gasteiger charge is -2.32. The summed E-state index contributed by atoms with van der Waals surface area (Å²) in [6, 6.07) is 2.27. The minimum Gasteiger partial charge on any atom is -0.389 e. The van der Waals surface area contributed by atoms with Crippen molar-refractivity contribution in [3.8, 4) is 6.07 Å². The highest BCUT2D eigenvalue weighted by molar-refractivity contribution is 4.94. The normalized spacial score (nSPS) is 24.3. The van der Waals surface area contributed by atoms with Gasteiger partial charge in [-0.25, -0.2) is 0 Å². The summed E-state index contributed by atoms with van der Waals surface area (Å²) in [6.07, 6.45) is 2.82. The summed E-state index contributed by atoms with van der Waals surface area (Å²) < 4.78 is 5.35. The average molecular weight is 226 g/mol. The Morgan fingerprint density at radius 2 is 2.25 bits per heavy atom. The number of rotatable bonds is 5. The highest BCUT2D eigenvalue weighted by Crippen LogP contribution is 2.16. The van der Waals surface area contributed by atoms with E-state index in [1.807, 2.05) is 13.8 Å². The van der Waals surface area contributed by atoms with Crippen LogP contribution in [0.5, 0.6) is 0 Å². The standard InChI is InChI=1S/C12H22N2O2/c1-10(2)16-9-12(15)8-14-6-4-3-5-11(14)7-13/h10-12,15H,3-6,8-9H2,1-2H3. The van der Waals surface area contributed by atoms with Crippen LogP contribution in [0.4, 0.5) is 0 Å². The second-order valence-corrected chi connectivity index (χ2v) is 4.67. The fourth-order valence-corrected chi connectivity index (χ4v) is 1.98. The summed E-state index contributed by atoms with van der Waals surface area (Å²) in [6.45, 7) is 5.71. The van der Waals surface area contributed by atoms with Gasteiger partial charge in [0, 0.05) is 6.54 Å². The summed E-state index contributed by atoms with van der Waals surface area (Å²) in [5.41, 5.74) is 0. The number of likely N-dealkylation sites (tertiary alicyclic amines) is 1. The molecule has 0 spiro atoms. The minimum atomic E-state index is -0.489. The van der Waals surface area contributed by atoms with Crippen LogP contribution in [0.3, 0.4) is 0 Å². The van der Waals surface area contributed by atoms with Gasteiger partial charge in [-0.05, 0) is 39.7 Å². The Kier molecular flexibility index (Phi) is 5.75. The SMILES string of the molecule is CC(C)OCC(O)CN1CCCCC1C#N. The van der Waals surface area contributed by atoms with Gasteiger partial charge >= 0.3 is 0 Å². The third-order valence-electron chi connectivity index (χ3n) is 2.83. The maximum Gasteiger partial charge on any atom is 0.0978 e. The molecule has 0 saturated carbocycles. The van der Waals surface area contributed by atoms with E-state index in [-0.39, 0.29) is 12.1 Å². The van der Waals surface area contributed by atoms with E-state index in [9.17, 15) is 5.11 Å². The van der Waals surface area contributed by atoms with E-state index < -0.39 is 6.10 Å². The largest absolute Gasteiger partial charge is 0.389 e. The zero-order chi connectivity index (χ0) is 12.0. The predicted molar refractivity (Wildman–Crippen MR) is 61.9 cm³/mol. The summed E-state index contributed by atoms with van der Waals surface area (Å²) >= 11 is 0. The first-order valence-electron chi connectivity index (χ1n) is 6.06. The quantitative estimate of drug-likeness (QED) is 0.764. The number of nitriles is 1. The van der Waals surface area contributed by atoms with Crippen LogP contribution in [-0.2, 0) is 4.74 Å². The monoisotopic (exact) mass is 226 g/mol. The van der Waals surface area contributed by atoms with Crippen LogP contribution in [0.25, 0.3) is 0 Å². The lowest BCUT2D eigenvalue weighted by Crippen LogP contribution is -2.44. The van der Waals surface area contributed by atoms with Crippen LogP contribution >= 0.6 is 0 Å². The molecule has 1 rings (SSSR count). The van der Waals surface area contributed by atoms with Crippen LogP contribution in [0.15, 0.2) is 0 Å². The molecule has 92 valence electrons. The van der Waals surface area contributed by atoms with E-state index in [1.54, 1.807) is 0 Å². The van der Waals surface area contributed by atoms with Crippen molar-refractivity contribution >= 4 is 0 Å². The Balaban J connectivity index is 2.31. The molecule has 2 unspecified atom stereocenters. The van der Waals surface area contributed by atoms with E-state index in [1.165, 1.54) is 0 Å². The van der Waals surface area contributed by atoms with Crippen molar-refractivity contribution in [1.82, 2.24) is 4.90 Å². The second kappa shape index (κ2) is 6.85. The first kappa shape index (κ1) is 13.4. The summed E-state index contributed by atoms with van der Waals surface area (Å²) in [4.78, 5) is 2.07. The Morgan fingerprint density at radius 3 is 2.88 bits per heavy atom. The average Bonchev–Trinajstić information content (AvgIpc) is 2.27. The van der Waals surface area contributed by atoms with Crippen molar-refractivity contribution < 1.29 is 9.84 Å². The molecule has 0 aromatic rings. The van der Waals surface area contributed by atoms with E-state index in [0.29, 0.717) is 13.2 Å². The van der Waals surface area contributed by atoms with Crippen molar-refractivity contribution in [2.75, 3.05) is 19.7 Å². The van der Waals surface area contributed by atoms with Gasteiger partial charge in [0.05, 0.1) is 30.9 Å². The maximum atomic E-state index is 9.79. The third kappa shape index (κ3) is 4.48. The maximum absolute atomic E-state index is 9.79. The second-order valence-electron chi connectivity index (χ2n) is 4.67. The van der Waals surface area contributed by atoms with Crippen molar-refractivity contribution in [3.63, 3.8) is 0 Å². The summed E-state index contributed by atoms with van der Waals surface area (Å²) in [5, 5.41) is 18.8. The molecule has 1 aliphatic rings. The molecule has 1 N–H and O–H groups in total. The predicted octanol–water partition coefficient (Wildman–Crippen LogP) is 1.15. The van der Waals surface area contributed by atoms with E-state index >= 15 is 0 Å². The number of hydrogen-bond acceptors (Lipinski definition) is 4. The summed E-state index contributed by atoms with van der Waals surface area (Å²) in [7, 11) is 0. The van der Waals surface area contributed by atoms with E-state index in [2.05, 4.69) is 11.0 Å². The Hall–Kier alpha value is -0.630. The number of hydrogen-bond donors (Lipinski definition) is 1. The molecule has 4 heteroatoms. The zero-order valence-electron chi connectivity index (χ0n) is 10.2. The Bertz CT molecular complexity index is 238. The molecule has 0 amide bonds. The first-order valence-corrected chi connectivity index (χ1v) is 6.06. The molecular formula is C12H22N2O2. The van der Waals surface area contributed by atoms with Gasteiger partial charge in [-0.2, -0.15) is 5.26 Å². The molecule has 2 atom stereocenters. The molecule has 0 radical (unpaired) electrons. The van der Waals surface area contributed by atoms with Crippen LogP contribution in [-0.4, -0.2) is 48.0 Å². The Labute approximate surface area is 97.8 Å². The molecule has 1 saturated heterocycles. The molecule has 0 aromatic heterocycles. The van der Waals surface area contributed by atoms with E-state index in [4.69, 9.17) is 10.00 Å². The topological polar surface area (TPSA) is 56.5 Å². The van der Waals surface area contributed by atoms with Gasteiger partial charge in [-0.15, -0.1) is 0 Å². The molecule has 0 aliphatic carbocycles. The number of ether oxygens (including phenoxy) is 1. The lowest BCUT2D eigenvalue weighted by molar-refractivity contribution is -0.0144. The van der Waals surface area contributed by atoms with Gasteiger partial charge in [0.25, 0.3) is 0 Å². The first-order chi connectivity index (χ1) is 7.63.